The van der Waals surface area contributed by atoms with Crippen molar-refractivity contribution in [3.8, 4) is 0 Å². The van der Waals surface area contributed by atoms with Crippen LogP contribution in [0.1, 0.15) is 30.9 Å². The van der Waals surface area contributed by atoms with Gasteiger partial charge in [0.1, 0.15) is 6.04 Å². The van der Waals surface area contributed by atoms with Gasteiger partial charge in [-0.2, -0.15) is 0 Å². The van der Waals surface area contributed by atoms with Gasteiger partial charge in [0.25, 0.3) is 0 Å². The van der Waals surface area contributed by atoms with E-state index in [0.29, 0.717) is 12.0 Å². The van der Waals surface area contributed by atoms with Crippen LogP contribution in [0.3, 0.4) is 0 Å². The highest BCUT2D eigenvalue weighted by atomic mass is 16.4. The highest BCUT2D eigenvalue weighted by Gasteiger charge is 2.32. The Labute approximate surface area is 171 Å². The normalized spacial score (nSPS) is 14.0. The van der Waals surface area contributed by atoms with Gasteiger partial charge in [0, 0.05) is 0 Å². The summed E-state index contributed by atoms with van der Waals surface area (Å²) in [5.74, 6) is -2.19. The van der Waals surface area contributed by atoms with Crippen molar-refractivity contribution in [2.75, 3.05) is 0 Å². The monoisotopic (exact) mass is 397 g/mol. The lowest BCUT2D eigenvalue weighted by Crippen LogP contribution is -2.55. The number of carbonyl (C=O) groups excluding carboxylic acids is 2. The van der Waals surface area contributed by atoms with Crippen molar-refractivity contribution >= 4 is 18.9 Å². The van der Waals surface area contributed by atoms with E-state index >= 15 is 0 Å². The number of amides is 2. The van der Waals surface area contributed by atoms with Gasteiger partial charge in [0.05, 0.1) is 12.0 Å². The second-order valence-corrected chi connectivity index (χ2v) is 7.34. The number of hydrogen-bond donors (Lipinski definition) is 5. The van der Waals surface area contributed by atoms with Crippen LogP contribution in [-0.2, 0) is 16.0 Å². The average molecular weight is 397 g/mol. The maximum atomic E-state index is 12.8. The van der Waals surface area contributed by atoms with Gasteiger partial charge < -0.3 is 26.4 Å². The molecule has 3 atom stereocenters. The predicted octanol–water partition coefficient (Wildman–Crippen LogP) is 0.567. The molecule has 0 radical (unpaired) electrons. The van der Waals surface area contributed by atoms with Crippen LogP contribution in [0.2, 0.25) is 0 Å². The fourth-order valence-electron chi connectivity index (χ4n) is 2.99. The number of nitrogens with one attached hydrogen (secondary N) is 2. The zero-order valence-electron chi connectivity index (χ0n) is 16.7. The van der Waals surface area contributed by atoms with Gasteiger partial charge in [-0.05, 0) is 23.5 Å². The zero-order valence-corrected chi connectivity index (χ0v) is 16.7. The summed E-state index contributed by atoms with van der Waals surface area (Å²) < 4.78 is 0. The quantitative estimate of drug-likeness (QED) is 0.396. The first-order valence-corrected chi connectivity index (χ1v) is 9.61. The topological polar surface area (TPSA) is 125 Å². The number of carbonyl (C=O) groups is 2. The molecule has 0 saturated carbocycles. The third-order valence-corrected chi connectivity index (χ3v) is 4.64. The molecule has 154 valence electrons. The summed E-state index contributed by atoms with van der Waals surface area (Å²) in [4.78, 5) is 25.3. The Morgan fingerprint density at radius 1 is 0.931 bits per heavy atom. The van der Waals surface area contributed by atoms with E-state index in [1.54, 1.807) is 44.2 Å². The Morgan fingerprint density at radius 3 is 2.00 bits per heavy atom. The maximum Gasteiger partial charge on any atom is 0.480 e. The molecule has 2 aromatic carbocycles. The van der Waals surface area contributed by atoms with E-state index in [9.17, 15) is 19.6 Å². The minimum atomic E-state index is -1.79. The smallest absolute Gasteiger partial charge is 0.426 e. The van der Waals surface area contributed by atoms with Crippen LogP contribution in [0.25, 0.3) is 0 Å². The van der Waals surface area contributed by atoms with Gasteiger partial charge in [-0.1, -0.05) is 74.5 Å². The van der Waals surface area contributed by atoms with Crippen molar-refractivity contribution in [2.24, 2.45) is 11.7 Å². The van der Waals surface area contributed by atoms with Gasteiger partial charge in [0.15, 0.2) is 0 Å². The van der Waals surface area contributed by atoms with Crippen LogP contribution in [0.4, 0.5) is 0 Å². The second-order valence-electron chi connectivity index (χ2n) is 7.34. The molecule has 0 unspecified atom stereocenters. The molecule has 0 bridgehead atoms. The Bertz CT molecular complexity index is 787. The molecule has 6 N–H and O–H groups in total. The lowest BCUT2D eigenvalue weighted by Gasteiger charge is -2.26. The van der Waals surface area contributed by atoms with Crippen molar-refractivity contribution in [3.63, 3.8) is 0 Å². The summed E-state index contributed by atoms with van der Waals surface area (Å²) in [5.41, 5.74) is 7.49. The molecule has 2 aromatic rings. The number of rotatable bonds is 9. The molecule has 0 aromatic heterocycles. The van der Waals surface area contributed by atoms with Crippen LogP contribution in [0.15, 0.2) is 60.7 Å². The summed E-state index contributed by atoms with van der Waals surface area (Å²) in [6.07, 6.45) is 0.348. The zero-order chi connectivity index (χ0) is 21.4. The van der Waals surface area contributed by atoms with E-state index in [1.807, 2.05) is 30.3 Å². The average Bonchev–Trinajstić information content (AvgIpc) is 2.70. The molecule has 0 fully saturated rings. The molecule has 0 aliphatic heterocycles. The largest absolute Gasteiger partial charge is 0.480 e. The lowest BCUT2D eigenvalue weighted by molar-refractivity contribution is -0.130. The standard InChI is InChI=1S/C21H28BN3O4/c1-14(2)18(24-20(26)17(23)13-15-9-5-3-6-10-15)21(27)25-19(22(28)29)16-11-7-4-8-12-16/h3-12,14,17-19,28-29H,13,23H2,1-2H3,(H,24,26)(H,25,27)/t17-,18-,19-/m0/s1. The van der Waals surface area contributed by atoms with E-state index < -0.39 is 37.0 Å². The Kier molecular flexibility index (Phi) is 8.39. The SMILES string of the molecule is CC(C)[C@H](NC(=O)[C@@H](N)Cc1ccccc1)C(=O)N[C@H](B(O)O)c1ccccc1. The highest BCUT2D eigenvalue weighted by Crippen LogP contribution is 2.15. The Morgan fingerprint density at radius 2 is 1.48 bits per heavy atom. The van der Waals surface area contributed by atoms with E-state index in [-0.39, 0.29) is 5.92 Å². The first kappa shape index (κ1) is 22.6. The number of nitrogens with two attached hydrogens (primary N) is 1. The summed E-state index contributed by atoms with van der Waals surface area (Å²) in [5, 5.41) is 24.7. The Balaban J connectivity index is 2.05. The third kappa shape index (κ3) is 6.71. The number of benzene rings is 2. The van der Waals surface area contributed by atoms with Crippen molar-refractivity contribution in [1.29, 1.82) is 0 Å². The van der Waals surface area contributed by atoms with Gasteiger partial charge in [0.2, 0.25) is 11.8 Å². The van der Waals surface area contributed by atoms with E-state index in [2.05, 4.69) is 10.6 Å². The summed E-state index contributed by atoms with van der Waals surface area (Å²) in [6, 6.07) is 16.3. The highest BCUT2D eigenvalue weighted by molar-refractivity contribution is 6.43. The minimum absolute atomic E-state index is 0.227. The van der Waals surface area contributed by atoms with Crippen LogP contribution >= 0.6 is 0 Å². The molecule has 29 heavy (non-hydrogen) atoms. The molecule has 0 aliphatic carbocycles. The van der Waals surface area contributed by atoms with Crippen LogP contribution in [0.5, 0.6) is 0 Å². The Hall–Kier alpha value is -2.68. The first-order valence-electron chi connectivity index (χ1n) is 9.61. The summed E-state index contributed by atoms with van der Waals surface area (Å²) in [6.45, 7) is 3.58. The van der Waals surface area contributed by atoms with Crippen LogP contribution in [0, 0.1) is 5.92 Å². The fraction of sp³-hybridized carbons (Fsp3) is 0.333. The van der Waals surface area contributed by atoms with E-state index in [1.165, 1.54) is 0 Å². The lowest BCUT2D eigenvalue weighted by atomic mass is 9.75. The van der Waals surface area contributed by atoms with Gasteiger partial charge in [-0.3, -0.25) is 9.59 Å². The molecular weight excluding hydrogens is 369 g/mol. The predicted molar refractivity (Wildman–Crippen MR) is 112 cm³/mol. The van der Waals surface area contributed by atoms with Gasteiger partial charge in [-0.15, -0.1) is 0 Å². The molecule has 0 heterocycles. The van der Waals surface area contributed by atoms with Crippen molar-refractivity contribution in [1.82, 2.24) is 10.6 Å². The summed E-state index contributed by atoms with van der Waals surface area (Å²) >= 11 is 0. The molecule has 0 saturated heterocycles. The maximum absolute atomic E-state index is 12.8. The summed E-state index contributed by atoms with van der Waals surface area (Å²) in [7, 11) is -1.79. The molecule has 0 spiro atoms. The molecule has 8 heteroatoms. The first-order chi connectivity index (χ1) is 13.8. The fourth-order valence-corrected chi connectivity index (χ4v) is 2.99. The van der Waals surface area contributed by atoms with Crippen molar-refractivity contribution in [3.05, 3.63) is 71.8 Å². The number of hydrogen-bond acceptors (Lipinski definition) is 5. The molecule has 2 amide bonds. The molecular formula is C21H28BN3O4. The van der Waals surface area contributed by atoms with E-state index in [0.717, 1.165) is 5.56 Å². The second kappa shape index (κ2) is 10.8. The van der Waals surface area contributed by atoms with Gasteiger partial charge >= 0.3 is 7.12 Å². The van der Waals surface area contributed by atoms with Gasteiger partial charge in [-0.25, -0.2) is 0 Å². The van der Waals surface area contributed by atoms with E-state index in [4.69, 9.17) is 5.73 Å². The minimum Gasteiger partial charge on any atom is -0.426 e. The molecule has 7 nitrogen and oxygen atoms in total. The van der Waals surface area contributed by atoms with Crippen LogP contribution < -0.4 is 16.4 Å². The van der Waals surface area contributed by atoms with Crippen LogP contribution in [-0.4, -0.2) is 41.1 Å². The molecule has 0 aliphatic rings. The van der Waals surface area contributed by atoms with Crippen molar-refractivity contribution < 1.29 is 19.6 Å². The third-order valence-electron chi connectivity index (χ3n) is 4.64. The molecule has 2 rings (SSSR count). The van der Waals surface area contributed by atoms with Crippen molar-refractivity contribution in [2.45, 2.75) is 38.3 Å².